The summed E-state index contributed by atoms with van der Waals surface area (Å²) in [5.41, 5.74) is 7.60. The van der Waals surface area contributed by atoms with E-state index in [1.165, 1.54) is 6.26 Å². The lowest BCUT2D eigenvalue weighted by atomic mass is 10.1. The van der Waals surface area contributed by atoms with Gasteiger partial charge in [-0.2, -0.15) is 0 Å². The van der Waals surface area contributed by atoms with Crippen LogP contribution in [0.15, 0.2) is 24.3 Å². The number of nitrogens with two attached hydrogens (primary N) is 1. The van der Waals surface area contributed by atoms with Gasteiger partial charge in [0, 0.05) is 18.8 Å². The van der Waals surface area contributed by atoms with Gasteiger partial charge < -0.3 is 10.5 Å². The molecule has 19 heavy (non-hydrogen) atoms. The van der Waals surface area contributed by atoms with Gasteiger partial charge in [-0.1, -0.05) is 29.8 Å². The maximum absolute atomic E-state index is 11.9. The molecule has 1 aromatic rings. The quantitative estimate of drug-likeness (QED) is 0.882. The molecule has 106 valence electrons. The van der Waals surface area contributed by atoms with Crippen molar-refractivity contribution in [3.05, 3.63) is 35.4 Å². The third-order valence-corrected chi connectivity index (χ3v) is 5.39. The van der Waals surface area contributed by atoms with Crippen LogP contribution in [-0.2, 0) is 14.6 Å². The molecule has 0 bridgehead atoms. The van der Waals surface area contributed by atoms with E-state index in [1.807, 2.05) is 38.1 Å². The van der Waals surface area contributed by atoms with Crippen LogP contribution in [-0.4, -0.2) is 38.7 Å². The van der Waals surface area contributed by atoms with E-state index in [1.54, 1.807) is 0 Å². The summed E-state index contributed by atoms with van der Waals surface area (Å²) in [4.78, 5) is 0. The van der Waals surface area contributed by atoms with Crippen LogP contribution < -0.4 is 5.73 Å². The van der Waals surface area contributed by atoms with E-state index in [0.717, 1.165) is 11.1 Å². The Labute approximate surface area is 114 Å². The third kappa shape index (κ3) is 2.68. The Morgan fingerprint density at radius 3 is 2.37 bits per heavy atom. The third-order valence-electron chi connectivity index (χ3n) is 3.76. The second kappa shape index (κ2) is 4.89. The largest absolute Gasteiger partial charge is 0.380 e. The first-order chi connectivity index (χ1) is 8.80. The van der Waals surface area contributed by atoms with E-state index in [0.29, 0.717) is 6.61 Å². The molecular formula is C14H21NO3S. The molecule has 4 nitrogen and oxygen atoms in total. The highest BCUT2D eigenvalue weighted by Gasteiger charge is 2.67. The first-order valence-corrected chi connectivity index (χ1v) is 8.38. The molecule has 0 saturated heterocycles. The average molecular weight is 283 g/mol. The molecule has 1 fully saturated rings. The Morgan fingerprint density at radius 2 is 1.89 bits per heavy atom. The summed E-state index contributed by atoms with van der Waals surface area (Å²) in [6.07, 6.45) is 1.25. The van der Waals surface area contributed by atoms with Crippen molar-refractivity contribution in [1.82, 2.24) is 0 Å². The number of hydrogen-bond acceptors (Lipinski definition) is 4. The SMILES string of the molecule is CCOC[C@@]1(N)[C@@H](c2ccc(C)cc2)[C@@H]1S(C)(=O)=O. The molecule has 1 saturated carbocycles. The molecule has 0 heterocycles. The van der Waals surface area contributed by atoms with E-state index in [9.17, 15) is 8.42 Å². The van der Waals surface area contributed by atoms with Crippen molar-refractivity contribution in [1.29, 1.82) is 0 Å². The second-order valence-electron chi connectivity index (χ2n) is 5.39. The van der Waals surface area contributed by atoms with Gasteiger partial charge in [-0.3, -0.25) is 0 Å². The molecule has 1 aromatic carbocycles. The van der Waals surface area contributed by atoms with Gasteiger partial charge in [0.25, 0.3) is 0 Å². The fraction of sp³-hybridized carbons (Fsp3) is 0.571. The van der Waals surface area contributed by atoms with Crippen molar-refractivity contribution >= 4 is 9.84 Å². The molecular weight excluding hydrogens is 262 g/mol. The lowest BCUT2D eigenvalue weighted by Gasteiger charge is -2.11. The average Bonchev–Trinajstić information content (AvgIpc) is 2.95. The lowest BCUT2D eigenvalue weighted by Crippen LogP contribution is -2.36. The zero-order valence-electron chi connectivity index (χ0n) is 11.6. The standard InChI is InChI=1S/C14H21NO3S/c1-4-18-9-14(15)12(13(14)19(3,16)17)11-7-5-10(2)6-8-11/h5-8,12-13H,4,9,15H2,1-3H3/t12-,13-,14+/m0/s1. The summed E-state index contributed by atoms with van der Waals surface area (Å²) >= 11 is 0. The zero-order valence-corrected chi connectivity index (χ0v) is 12.4. The molecule has 0 aliphatic heterocycles. The topological polar surface area (TPSA) is 69.4 Å². The maximum atomic E-state index is 11.9. The van der Waals surface area contributed by atoms with Gasteiger partial charge in [0.05, 0.1) is 17.4 Å². The van der Waals surface area contributed by atoms with Crippen LogP contribution in [0.2, 0.25) is 0 Å². The minimum Gasteiger partial charge on any atom is -0.380 e. The first-order valence-electron chi connectivity index (χ1n) is 6.42. The highest BCUT2D eigenvalue weighted by molar-refractivity contribution is 7.91. The molecule has 0 aromatic heterocycles. The number of rotatable bonds is 5. The number of hydrogen-bond donors (Lipinski definition) is 1. The van der Waals surface area contributed by atoms with E-state index in [2.05, 4.69) is 0 Å². The Morgan fingerprint density at radius 1 is 1.32 bits per heavy atom. The predicted octanol–water partition coefficient (Wildman–Crippen LogP) is 1.24. The van der Waals surface area contributed by atoms with Crippen LogP contribution >= 0.6 is 0 Å². The molecule has 0 amide bonds. The summed E-state index contributed by atoms with van der Waals surface area (Å²) in [6.45, 7) is 4.69. The van der Waals surface area contributed by atoms with Crippen molar-refractivity contribution in [3.8, 4) is 0 Å². The van der Waals surface area contributed by atoms with Gasteiger partial charge in [0.2, 0.25) is 0 Å². The fourth-order valence-corrected chi connectivity index (χ4v) is 4.62. The minimum absolute atomic E-state index is 0.172. The fourth-order valence-electron chi connectivity index (χ4n) is 2.78. The molecule has 2 rings (SSSR count). The van der Waals surface area contributed by atoms with Crippen LogP contribution in [0.4, 0.5) is 0 Å². The normalized spacial score (nSPS) is 30.3. The molecule has 0 unspecified atom stereocenters. The number of benzene rings is 1. The summed E-state index contributed by atoms with van der Waals surface area (Å²) in [5, 5.41) is -0.547. The van der Waals surface area contributed by atoms with Crippen molar-refractivity contribution < 1.29 is 13.2 Å². The van der Waals surface area contributed by atoms with Gasteiger partial charge in [0.15, 0.2) is 9.84 Å². The highest BCUT2D eigenvalue weighted by Crippen LogP contribution is 2.53. The van der Waals surface area contributed by atoms with Crippen LogP contribution in [0.5, 0.6) is 0 Å². The highest BCUT2D eigenvalue weighted by atomic mass is 32.2. The summed E-state index contributed by atoms with van der Waals surface area (Å²) in [7, 11) is -3.18. The summed E-state index contributed by atoms with van der Waals surface area (Å²) in [6, 6.07) is 7.87. The Kier molecular flexibility index (Phi) is 3.73. The first kappa shape index (κ1) is 14.5. The predicted molar refractivity (Wildman–Crippen MR) is 76.0 cm³/mol. The smallest absolute Gasteiger partial charge is 0.152 e. The van der Waals surface area contributed by atoms with Gasteiger partial charge in [0.1, 0.15) is 0 Å². The van der Waals surface area contributed by atoms with E-state index < -0.39 is 20.6 Å². The van der Waals surface area contributed by atoms with Crippen molar-refractivity contribution in [2.45, 2.75) is 30.6 Å². The van der Waals surface area contributed by atoms with Crippen LogP contribution in [0.3, 0.4) is 0 Å². The molecule has 0 spiro atoms. The van der Waals surface area contributed by atoms with Gasteiger partial charge in [-0.05, 0) is 19.4 Å². The second-order valence-corrected chi connectivity index (χ2v) is 7.55. The molecule has 1 aliphatic rings. The van der Waals surface area contributed by atoms with Crippen molar-refractivity contribution in [3.63, 3.8) is 0 Å². The van der Waals surface area contributed by atoms with Crippen LogP contribution in [0, 0.1) is 6.92 Å². The molecule has 5 heteroatoms. The Hall–Kier alpha value is -0.910. The zero-order chi connectivity index (χ0) is 14.3. The monoisotopic (exact) mass is 283 g/mol. The number of ether oxygens (including phenoxy) is 1. The van der Waals surface area contributed by atoms with Gasteiger partial charge in [-0.25, -0.2) is 8.42 Å². The number of sulfone groups is 1. The van der Waals surface area contributed by atoms with Crippen molar-refractivity contribution in [2.75, 3.05) is 19.5 Å². The summed E-state index contributed by atoms with van der Waals surface area (Å²) in [5.74, 6) is -0.172. The van der Waals surface area contributed by atoms with Gasteiger partial charge >= 0.3 is 0 Å². The van der Waals surface area contributed by atoms with E-state index >= 15 is 0 Å². The lowest BCUT2D eigenvalue weighted by molar-refractivity contribution is 0.125. The minimum atomic E-state index is -3.18. The van der Waals surface area contributed by atoms with Gasteiger partial charge in [-0.15, -0.1) is 0 Å². The number of aryl methyl sites for hydroxylation is 1. The Balaban J connectivity index is 2.30. The molecule has 0 radical (unpaired) electrons. The van der Waals surface area contributed by atoms with Crippen molar-refractivity contribution in [2.24, 2.45) is 5.73 Å². The van der Waals surface area contributed by atoms with E-state index in [4.69, 9.17) is 10.5 Å². The molecule has 1 aliphatic carbocycles. The maximum Gasteiger partial charge on any atom is 0.152 e. The van der Waals surface area contributed by atoms with Crippen LogP contribution in [0.25, 0.3) is 0 Å². The summed E-state index contributed by atoms with van der Waals surface area (Å²) < 4.78 is 29.1. The molecule has 3 atom stereocenters. The Bertz CT molecular complexity index is 553. The van der Waals surface area contributed by atoms with E-state index in [-0.39, 0.29) is 12.5 Å². The molecule has 2 N–H and O–H groups in total. The van der Waals surface area contributed by atoms with Crippen LogP contribution in [0.1, 0.15) is 24.0 Å².